The maximum atomic E-state index is 11.8. The average molecular weight is 216 g/mol. The van der Waals surface area contributed by atoms with E-state index in [9.17, 15) is 9.59 Å². The molecule has 0 aliphatic carbocycles. The Labute approximate surface area is 96.0 Å². The number of allylic oxidation sites excluding steroid dienone is 2. The first-order chi connectivity index (χ1) is 7.65. The molecule has 0 spiro atoms. The van der Waals surface area contributed by atoms with Crippen molar-refractivity contribution in [3.05, 3.63) is 47.5 Å². The van der Waals surface area contributed by atoms with Crippen molar-refractivity contribution in [3.8, 4) is 0 Å². The minimum absolute atomic E-state index is 0.109. The number of rotatable bonds is 5. The van der Waals surface area contributed by atoms with Gasteiger partial charge < -0.3 is 0 Å². The fourth-order valence-electron chi connectivity index (χ4n) is 1.45. The van der Waals surface area contributed by atoms with Crippen LogP contribution in [0.3, 0.4) is 0 Å². The molecule has 0 radical (unpaired) electrons. The molecule has 0 fully saturated rings. The lowest BCUT2D eigenvalue weighted by Crippen LogP contribution is -2.07. The first-order valence-corrected chi connectivity index (χ1v) is 5.35. The Morgan fingerprint density at radius 1 is 1.31 bits per heavy atom. The smallest absolute Gasteiger partial charge is 0.163 e. The average Bonchev–Trinajstić information content (AvgIpc) is 2.30. The van der Waals surface area contributed by atoms with Crippen LogP contribution in [0, 0.1) is 5.92 Å². The zero-order chi connectivity index (χ0) is 12.0. The van der Waals surface area contributed by atoms with Crippen molar-refractivity contribution in [2.24, 2.45) is 5.92 Å². The molecule has 2 nitrogen and oxygen atoms in total. The Hall–Kier alpha value is -1.70. The summed E-state index contributed by atoms with van der Waals surface area (Å²) >= 11 is 0. The molecule has 0 bridgehead atoms. The van der Waals surface area contributed by atoms with E-state index in [1.807, 2.05) is 44.2 Å². The summed E-state index contributed by atoms with van der Waals surface area (Å²) < 4.78 is 0. The van der Waals surface area contributed by atoms with E-state index in [0.717, 1.165) is 17.4 Å². The first kappa shape index (κ1) is 12.4. The first-order valence-electron chi connectivity index (χ1n) is 5.35. The van der Waals surface area contributed by atoms with Crippen LogP contribution in [0.15, 0.2) is 42.0 Å². The van der Waals surface area contributed by atoms with Crippen LogP contribution in [0.1, 0.15) is 30.6 Å². The number of benzene rings is 1. The zero-order valence-electron chi connectivity index (χ0n) is 9.64. The van der Waals surface area contributed by atoms with Gasteiger partial charge in [-0.25, -0.2) is 0 Å². The Balaban J connectivity index is 2.65. The van der Waals surface area contributed by atoms with Gasteiger partial charge in [0.2, 0.25) is 0 Å². The fraction of sp³-hybridized carbons (Fsp3) is 0.286. The van der Waals surface area contributed by atoms with E-state index in [1.54, 1.807) is 0 Å². The highest BCUT2D eigenvalue weighted by atomic mass is 16.1. The third-order valence-electron chi connectivity index (χ3n) is 2.70. The van der Waals surface area contributed by atoms with Gasteiger partial charge in [-0.1, -0.05) is 42.8 Å². The molecule has 1 aromatic carbocycles. The second-order valence-corrected chi connectivity index (χ2v) is 3.94. The number of ketones is 1. The third kappa shape index (κ3) is 3.46. The second kappa shape index (κ2) is 6.01. The minimum atomic E-state index is 0.109. The van der Waals surface area contributed by atoms with Crippen molar-refractivity contribution in [2.75, 3.05) is 0 Å². The van der Waals surface area contributed by atoms with Gasteiger partial charge in [-0.3, -0.25) is 9.59 Å². The molecule has 1 rings (SSSR count). The molecule has 0 saturated carbocycles. The van der Waals surface area contributed by atoms with Gasteiger partial charge in [-0.2, -0.15) is 0 Å². The SMILES string of the molecule is CC(=CC=O)C(C)CC(=O)c1ccccc1. The number of carbonyl (C=O) groups excluding carboxylic acids is 2. The molecule has 16 heavy (non-hydrogen) atoms. The van der Waals surface area contributed by atoms with Crippen molar-refractivity contribution < 1.29 is 9.59 Å². The second-order valence-electron chi connectivity index (χ2n) is 3.94. The summed E-state index contributed by atoms with van der Waals surface area (Å²) in [5, 5.41) is 0. The monoisotopic (exact) mass is 216 g/mol. The topological polar surface area (TPSA) is 34.1 Å². The van der Waals surface area contributed by atoms with Crippen molar-refractivity contribution in [1.29, 1.82) is 0 Å². The van der Waals surface area contributed by atoms with Gasteiger partial charge in [0.25, 0.3) is 0 Å². The third-order valence-corrected chi connectivity index (χ3v) is 2.70. The number of hydrogen-bond acceptors (Lipinski definition) is 2. The number of aldehydes is 1. The highest BCUT2D eigenvalue weighted by Gasteiger charge is 2.11. The molecule has 1 aromatic rings. The molecule has 1 unspecified atom stereocenters. The van der Waals surface area contributed by atoms with Gasteiger partial charge in [0, 0.05) is 12.0 Å². The number of hydrogen-bond donors (Lipinski definition) is 0. The summed E-state index contributed by atoms with van der Waals surface area (Å²) in [5.41, 5.74) is 1.67. The van der Waals surface area contributed by atoms with E-state index in [0.29, 0.717) is 6.42 Å². The highest BCUT2D eigenvalue weighted by molar-refractivity contribution is 5.96. The van der Waals surface area contributed by atoms with Crippen molar-refractivity contribution in [2.45, 2.75) is 20.3 Å². The van der Waals surface area contributed by atoms with Gasteiger partial charge in [0.15, 0.2) is 5.78 Å². The molecule has 84 valence electrons. The van der Waals surface area contributed by atoms with Crippen LogP contribution in [0.5, 0.6) is 0 Å². The molecule has 0 aromatic heterocycles. The molecule has 2 heteroatoms. The summed E-state index contributed by atoms with van der Waals surface area (Å²) in [5.74, 6) is 0.227. The molecule has 0 saturated heterocycles. The number of carbonyl (C=O) groups is 2. The molecular weight excluding hydrogens is 200 g/mol. The molecule has 0 aliphatic heterocycles. The van der Waals surface area contributed by atoms with Crippen LogP contribution >= 0.6 is 0 Å². The van der Waals surface area contributed by atoms with E-state index in [1.165, 1.54) is 6.08 Å². The fourth-order valence-corrected chi connectivity index (χ4v) is 1.45. The Morgan fingerprint density at radius 2 is 1.94 bits per heavy atom. The lowest BCUT2D eigenvalue weighted by molar-refractivity contribution is -0.104. The van der Waals surface area contributed by atoms with Gasteiger partial charge in [0.05, 0.1) is 0 Å². The molecule has 0 N–H and O–H groups in total. The lowest BCUT2D eigenvalue weighted by atomic mass is 9.94. The van der Waals surface area contributed by atoms with Gasteiger partial charge in [-0.15, -0.1) is 0 Å². The molecule has 0 heterocycles. The van der Waals surface area contributed by atoms with E-state index >= 15 is 0 Å². The quantitative estimate of drug-likeness (QED) is 0.430. The van der Waals surface area contributed by atoms with Gasteiger partial charge in [-0.05, 0) is 18.9 Å². The molecule has 0 aliphatic rings. The lowest BCUT2D eigenvalue weighted by Gasteiger charge is -2.10. The summed E-state index contributed by atoms with van der Waals surface area (Å²) in [6.07, 6.45) is 2.72. The van der Waals surface area contributed by atoms with Crippen molar-refractivity contribution in [1.82, 2.24) is 0 Å². The normalized spacial score (nSPS) is 13.2. The van der Waals surface area contributed by atoms with Crippen LogP contribution < -0.4 is 0 Å². The summed E-state index contributed by atoms with van der Waals surface area (Å²) in [6, 6.07) is 9.22. The van der Waals surface area contributed by atoms with E-state index in [2.05, 4.69) is 0 Å². The standard InChI is InChI=1S/C14H16O2/c1-11(8-9-15)12(2)10-14(16)13-6-4-3-5-7-13/h3-9,12H,10H2,1-2H3. The largest absolute Gasteiger partial charge is 0.299 e. The predicted molar refractivity (Wildman–Crippen MR) is 64.4 cm³/mol. The van der Waals surface area contributed by atoms with Crippen LogP contribution in [0.25, 0.3) is 0 Å². The Morgan fingerprint density at radius 3 is 2.50 bits per heavy atom. The number of Topliss-reactive ketones (excluding diaryl/α,β-unsaturated/α-hetero) is 1. The summed E-state index contributed by atoms with van der Waals surface area (Å²) in [7, 11) is 0. The van der Waals surface area contributed by atoms with E-state index in [4.69, 9.17) is 0 Å². The summed E-state index contributed by atoms with van der Waals surface area (Å²) in [6.45, 7) is 3.83. The maximum absolute atomic E-state index is 11.8. The molecular formula is C14H16O2. The van der Waals surface area contributed by atoms with Crippen LogP contribution in [-0.2, 0) is 4.79 Å². The predicted octanol–water partition coefficient (Wildman–Crippen LogP) is 3.04. The molecule has 1 atom stereocenters. The van der Waals surface area contributed by atoms with E-state index < -0.39 is 0 Å². The van der Waals surface area contributed by atoms with Crippen molar-refractivity contribution >= 4 is 12.1 Å². The highest BCUT2D eigenvalue weighted by Crippen LogP contribution is 2.16. The Kier molecular flexibility index (Phi) is 4.65. The van der Waals surface area contributed by atoms with Gasteiger partial charge in [0.1, 0.15) is 6.29 Å². The van der Waals surface area contributed by atoms with Crippen LogP contribution in [0.2, 0.25) is 0 Å². The minimum Gasteiger partial charge on any atom is -0.299 e. The van der Waals surface area contributed by atoms with Crippen LogP contribution in [0.4, 0.5) is 0 Å². The van der Waals surface area contributed by atoms with E-state index in [-0.39, 0.29) is 11.7 Å². The van der Waals surface area contributed by atoms with Crippen molar-refractivity contribution in [3.63, 3.8) is 0 Å². The summed E-state index contributed by atoms with van der Waals surface area (Å²) in [4.78, 5) is 22.2. The Bertz CT molecular complexity index is 390. The maximum Gasteiger partial charge on any atom is 0.163 e. The van der Waals surface area contributed by atoms with Gasteiger partial charge >= 0.3 is 0 Å². The zero-order valence-corrected chi connectivity index (χ0v) is 9.64. The molecule has 0 amide bonds. The van der Waals surface area contributed by atoms with Crippen LogP contribution in [-0.4, -0.2) is 12.1 Å².